The fraction of sp³-hybridized carbons (Fsp3) is 0.500. The van der Waals surface area contributed by atoms with E-state index < -0.39 is 17.3 Å². The Morgan fingerprint density at radius 2 is 2.00 bits per heavy atom. The van der Waals surface area contributed by atoms with Gasteiger partial charge in [0.15, 0.2) is 5.82 Å². The van der Waals surface area contributed by atoms with Gasteiger partial charge in [0.05, 0.1) is 6.54 Å². The van der Waals surface area contributed by atoms with Crippen molar-refractivity contribution in [2.45, 2.75) is 27.3 Å². The van der Waals surface area contributed by atoms with E-state index in [2.05, 4.69) is 15.7 Å². The molecule has 0 fully saturated rings. The molecule has 2 amide bonds. The Bertz CT molecular complexity index is 516. The summed E-state index contributed by atoms with van der Waals surface area (Å²) in [5.41, 5.74) is -0.566. The number of hydrogen-bond donors (Lipinski definition) is 3. The second-order valence-corrected chi connectivity index (χ2v) is 5.27. The molecule has 0 saturated heterocycles. The Morgan fingerprint density at radius 3 is 2.55 bits per heavy atom. The zero-order valence-electron chi connectivity index (χ0n) is 11.6. The van der Waals surface area contributed by atoms with E-state index >= 15 is 0 Å². The smallest absolute Gasteiger partial charge is 0.325 e. The molecule has 8 heteroatoms. The number of aromatic nitrogens is 2. The number of carboxylic acid groups (broad SMARTS) is 1. The molecule has 0 aliphatic carbocycles. The largest absolute Gasteiger partial charge is 0.480 e. The number of carbonyl (C=O) groups excluding carboxylic acids is 2. The van der Waals surface area contributed by atoms with Gasteiger partial charge in [-0.2, -0.15) is 5.10 Å². The molecule has 0 aliphatic rings. The third kappa shape index (κ3) is 5.09. The van der Waals surface area contributed by atoms with Crippen LogP contribution in [0.3, 0.4) is 0 Å². The number of carboxylic acids is 1. The number of nitrogens with zero attached hydrogens (tertiary/aromatic N) is 2. The van der Waals surface area contributed by atoms with Gasteiger partial charge in [0.25, 0.3) is 0 Å². The van der Waals surface area contributed by atoms with Crippen molar-refractivity contribution >= 4 is 23.6 Å². The minimum atomic E-state index is -1.02. The van der Waals surface area contributed by atoms with Crippen molar-refractivity contribution in [3.05, 3.63) is 12.3 Å². The molecule has 0 atom stereocenters. The molecular weight excluding hydrogens is 264 g/mol. The van der Waals surface area contributed by atoms with Gasteiger partial charge in [0, 0.05) is 17.7 Å². The van der Waals surface area contributed by atoms with Crippen LogP contribution >= 0.6 is 0 Å². The lowest BCUT2D eigenvalue weighted by atomic mass is 9.96. The van der Waals surface area contributed by atoms with Gasteiger partial charge < -0.3 is 15.7 Å². The summed E-state index contributed by atoms with van der Waals surface area (Å²) in [5, 5.41) is 17.4. The zero-order valence-corrected chi connectivity index (χ0v) is 11.6. The van der Waals surface area contributed by atoms with Crippen LogP contribution in [0, 0.1) is 5.41 Å². The molecule has 3 N–H and O–H groups in total. The molecule has 0 saturated carbocycles. The van der Waals surface area contributed by atoms with Crippen LogP contribution in [0.5, 0.6) is 0 Å². The SMILES string of the molecule is CC(C)(C)C(=O)NCC(=O)Nc1ccn(CC(=O)O)n1. The average Bonchev–Trinajstić information content (AvgIpc) is 2.71. The maximum Gasteiger partial charge on any atom is 0.325 e. The maximum atomic E-state index is 11.6. The summed E-state index contributed by atoms with van der Waals surface area (Å²) >= 11 is 0. The fourth-order valence-electron chi connectivity index (χ4n) is 1.27. The van der Waals surface area contributed by atoms with Gasteiger partial charge in [-0.25, -0.2) is 0 Å². The summed E-state index contributed by atoms with van der Waals surface area (Å²) in [5.74, 6) is -1.45. The topological polar surface area (TPSA) is 113 Å². The van der Waals surface area contributed by atoms with Crippen LogP contribution in [0.1, 0.15) is 20.8 Å². The number of nitrogens with one attached hydrogen (secondary N) is 2. The summed E-state index contributed by atoms with van der Waals surface area (Å²) in [7, 11) is 0. The lowest BCUT2D eigenvalue weighted by Crippen LogP contribution is -2.39. The molecule has 8 nitrogen and oxygen atoms in total. The van der Waals surface area contributed by atoms with Crippen molar-refractivity contribution in [2.24, 2.45) is 5.41 Å². The predicted octanol–water partition coefficient (Wildman–Crippen LogP) is 0.0685. The lowest BCUT2D eigenvalue weighted by Gasteiger charge is -2.17. The van der Waals surface area contributed by atoms with E-state index in [1.807, 2.05) is 0 Å². The van der Waals surface area contributed by atoms with Crippen LogP contribution in [0.4, 0.5) is 5.82 Å². The van der Waals surface area contributed by atoms with E-state index in [0.29, 0.717) is 0 Å². The number of anilines is 1. The second kappa shape index (κ2) is 6.18. The highest BCUT2D eigenvalue weighted by Gasteiger charge is 2.21. The highest BCUT2D eigenvalue weighted by molar-refractivity contribution is 5.94. The van der Waals surface area contributed by atoms with E-state index in [9.17, 15) is 14.4 Å². The predicted molar refractivity (Wildman–Crippen MR) is 71.0 cm³/mol. The molecule has 0 bridgehead atoms. The van der Waals surface area contributed by atoms with Crippen molar-refractivity contribution in [1.82, 2.24) is 15.1 Å². The van der Waals surface area contributed by atoms with Crippen molar-refractivity contribution in [1.29, 1.82) is 0 Å². The number of hydrogen-bond acceptors (Lipinski definition) is 4. The average molecular weight is 282 g/mol. The molecule has 0 radical (unpaired) electrons. The van der Waals surface area contributed by atoms with Crippen molar-refractivity contribution < 1.29 is 19.5 Å². The van der Waals surface area contributed by atoms with Crippen LogP contribution in [0.2, 0.25) is 0 Å². The number of amides is 2. The zero-order chi connectivity index (χ0) is 15.3. The third-order valence-electron chi connectivity index (χ3n) is 2.30. The van der Waals surface area contributed by atoms with Crippen molar-refractivity contribution in [3.63, 3.8) is 0 Å². The highest BCUT2D eigenvalue weighted by atomic mass is 16.4. The van der Waals surface area contributed by atoms with Gasteiger partial charge in [-0.3, -0.25) is 19.1 Å². The van der Waals surface area contributed by atoms with E-state index in [0.717, 1.165) is 0 Å². The minimum absolute atomic E-state index is 0.165. The van der Waals surface area contributed by atoms with Crippen LogP contribution in [0.25, 0.3) is 0 Å². The second-order valence-electron chi connectivity index (χ2n) is 5.27. The Balaban J connectivity index is 2.45. The lowest BCUT2D eigenvalue weighted by molar-refractivity contribution is -0.137. The van der Waals surface area contributed by atoms with Gasteiger partial charge in [0.2, 0.25) is 11.8 Å². The van der Waals surface area contributed by atoms with Gasteiger partial charge in [-0.05, 0) is 0 Å². The first-order valence-electron chi connectivity index (χ1n) is 6.02. The molecular formula is C12H18N4O4. The monoisotopic (exact) mass is 282 g/mol. The molecule has 0 aliphatic heterocycles. The summed E-state index contributed by atoms with van der Waals surface area (Å²) in [6, 6.07) is 1.48. The van der Waals surface area contributed by atoms with E-state index in [1.54, 1.807) is 20.8 Å². The Morgan fingerprint density at radius 1 is 1.35 bits per heavy atom. The minimum Gasteiger partial charge on any atom is -0.480 e. The summed E-state index contributed by atoms with van der Waals surface area (Å²) in [6.07, 6.45) is 1.44. The molecule has 0 unspecified atom stereocenters. The first-order valence-corrected chi connectivity index (χ1v) is 6.02. The summed E-state index contributed by atoms with van der Waals surface area (Å²) in [4.78, 5) is 33.6. The third-order valence-corrected chi connectivity index (χ3v) is 2.30. The van der Waals surface area contributed by atoms with Crippen LogP contribution in [-0.4, -0.2) is 39.2 Å². The molecule has 110 valence electrons. The van der Waals surface area contributed by atoms with Crippen molar-refractivity contribution in [2.75, 3.05) is 11.9 Å². The van der Waals surface area contributed by atoms with Gasteiger partial charge in [-0.15, -0.1) is 0 Å². The van der Waals surface area contributed by atoms with E-state index in [4.69, 9.17) is 5.11 Å². The summed E-state index contributed by atoms with van der Waals surface area (Å²) < 4.78 is 1.19. The highest BCUT2D eigenvalue weighted by Crippen LogP contribution is 2.12. The van der Waals surface area contributed by atoms with Crippen LogP contribution < -0.4 is 10.6 Å². The van der Waals surface area contributed by atoms with Crippen LogP contribution in [-0.2, 0) is 20.9 Å². The summed E-state index contributed by atoms with van der Waals surface area (Å²) in [6.45, 7) is 4.79. The molecule has 1 heterocycles. The van der Waals surface area contributed by atoms with E-state index in [1.165, 1.54) is 16.9 Å². The molecule has 0 aromatic carbocycles. The van der Waals surface area contributed by atoms with E-state index in [-0.39, 0.29) is 24.8 Å². The fourth-order valence-corrected chi connectivity index (χ4v) is 1.27. The molecule has 1 aromatic heterocycles. The number of aliphatic carboxylic acids is 1. The van der Waals surface area contributed by atoms with Gasteiger partial charge in [-0.1, -0.05) is 20.8 Å². The maximum absolute atomic E-state index is 11.6. The first kappa shape index (κ1) is 15.7. The van der Waals surface area contributed by atoms with Crippen LogP contribution in [0.15, 0.2) is 12.3 Å². The number of rotatable bonds is 5. The van der Waals surface area contributed by atoms with Gasteiger partial charge >= 0.3 is 5.97 Å². The quantitative estimate of drug-likeness (QED) is 0.707. The Kier molecular flexibility index (Phi) is 4.84. The number of carbonyl (C=O) groups is 3. The Labute approximate surface area is 116 Å². The first-order chi connectivity index (χ1) is 9.18. The standard InChI is InChI=1S/C12H18N4O4/c1-12(2,3)11(20)13-6-9(17)14-8-4-5-16(15-8)7-10(18)19/h4-5H,6-7H2,1-3H3,(H,13,20)(H,18,19)(H,14,15,17). The molecule has 20 heavy (non-hydrogen) atoms. The molecule has 1 rings (SSSR count). The van der Waals surface area contributed by atoms with Crippen molar-refractivity contribution in [3.8, 4) is 0 Å². The Hall–Kier alpha value is -2.38. The molecule has 1 aromatic rings. The normalized spacial score (nSPS) is 10.9. The molecule has 0 spiro atoms. The van der Waals surface area contributed by atoms with Gasteiger partial charge in [0.1, 0.15) is 6.54 Å².